The number of halogens is 1. The molecule has 0 unspecified atom stereocenters. The van der Waals surface area contributed by atoms with Crippen LogP contribution >= 0.6 is 11.6 Å². The van der Waals surface area contributed by atoms with Gasteiger partial charge in [0.1, 0.15) is 0 Å². The first-order valence-corrected chi connectivity index (χ1v) is 3.82. The van der Waals surface area contributed by atoms with E-state index in [0.717, 1.165) is 12.8 Å². The summed E-state index contributed by atoms with van der Waals surface area (Å²) in [4.78, 5) is 0. The fraction of sp³-hybridized carbons (Fsp3) is 0.857. The van der Waals surface area contributed by atoms with E-state index in [9.17, 15) is 0 Å². The Morgan fingerprint density at radius 2 is 2.00 bits per heavy atom. The molecule has 1 rings (SSSR count). The Labute approximate surface area is 60.6 Å². The summed E-state index contributed by atoms with van der Waals surface area (Å²) in [7, 11) is 0. The molecule has 0 N–H and O–H groups in total. The smallest absolute Gasteiger partial charge is 0.0671 e. The number of alkyl halides is 1. The molecule has 0 amide bonds. The molecular formula is C7H10ClN. The fourth-order valence-corrected chi connectivity index (χ4v) is 1.57. The molecule has 9 heavy (non-hydrogen) atoms. The van der Waals surface area contributed by atoms with Gasteiger partial charge in [-0.1, -0.05) is 12.8 Å². The number of rotatable bonds is 0. The summed E-state index contributed by atoms with van der Waals surface area (Å²) in [6, 6.07) is 2.22. The van der Waals surface area contributed by atoms with Crippen LogP contribution in [-0.4, -0.2) is 5.38 Å². The van der Waals surface area contributed by atoms with Crippen LogP contribution in [0.2, 0.25) is 0 Å². The summed E-state index contributed by atoms with van der Waals surface area (Å²) in [5.74, 6) is 0.125. The Kier molecular flexibility index (Phi) is 2.36. The van der Waals surface area contributed by atoms with E-state index in [-0.39, 0.29) is 11.3 Å². The van der Waals surface area contributed by atoms with E-state index in [1.807, 2.05) is 0 Å². The van der Waals surface area contributed by atoms with Gasteiger partial charge in [-0.15, -0.1) is 11.6 Å². The van der Waals surface area contributed by atoms with Gasteiger partial charge in [0.2, 0.25) is 0 Å². The van der Waals surface area contributed by atoms with Gasteiger partial charge in [-0.3, -0.25) is 0 Å². The van der Waals surface area contributed by atoms with Gasteiger partial charge < -0.3 is 0 Å². The first-order chi connectivity index (χ1) is 4.34. The second kappa shape index (κ2) is 3.08. The van der Waals surface area contributed by atoms with Crippen LogP contribution in [0.3, 0.4) is 0 Å². The van der Waals surface area contributed by atoms with Gasteiger partial charge in [0.25, 0.3) is 0 Å². The van der Waals surface area contributed by atoms with Gasteiger partial charge in [0.15, 0.2) is 0 Å². The Bertz CT molecular complexity index is 127. The monoisotopic (exact) mass is 143 g/mol. The molecule has 1 saturated carbocycles. The van der Waals surface area contributed by atoms with Crippen molar-refractivity contribution in [2.45, 2.75) is 31.1 Å². The van der Waals surface area contributed by atoms with Crippen LogP contribution < -0.4 is 0 Å². The van der Waals surface area contributed by atoms with Gasteiger partial charge in [0, 0.05) is 5.38 Å². The normalized spacial score (nSPS) is 35.6. The van der Waals surface area contributed by atoms with Crippen molar-refractivity contribution in [3.05, 3.63) is 0 Å². The zero-order valence-electron chi connectivity index (χ0n) is 5.31. The average Bonchev–Trinajstić information content (AvgIpc) is 1.89. The summed E-state index contributed by atoms with van der Waals surface area (Å²) in [6.45, 7) is 0. The van der Waals surface area contributed by atoms with Crippen molar-refractivity contribution in [1.29, 1.82) is 5.26 Å². The van der Waals surface area contributed by atoms with Crippen LogP contribution in [0.5, 0.6) is 0 Å². The first kappa shape index (κ1) is 6.89. The minimum absolute atomic E-state index is 0.125. The molecule has 0 spiro atoms. The molecule has 0 bridgehead atoms. The van der Waals surface area contributed by atoms with Crippen LogP contribution in [0.1, 0.15) is 25.7 Å². The summed E-state index contributed by atoms with van der Waals surface area (Å²) in [5.41, 5.74) is 0. The molecule has 1 aliphatic rings. The lowest BCUT2D eigenvalue weighted by molar-refractivity contribution is 0.434. The highest BCUT2D eigenvalue weighted by atomic mass is 35.5. The molecule has 1 nitrogen and oxygen atoms in total. The molecule has 0 saturated heterocycles. The summed E-state index contributed by atoms with van der Waals surface area (Å²) >= 11 is 5.86. The number of hydrogen-bond donors (Lipinski definition) is 0. The van der Waals surface area contributed by atoms with E-state index in [1.54, 1.807) is 0 Å². The first-order valence-electron chi connectivity index (χ1n) is 3.38. The van der Waals surface area contributed by atoms with E-state index in [2.05, 4.69) is 6.07 Å². The molecule has 0 aromatic rings. The van der Waals surface area contributed by atoms with Crippen molar-refractivity contribution in [1.82, 2.24) is 0 Å². The fourth-order valence-electron chi connectivity index (χ4n) is 1.23. The number of nitriles is 1. The lowest BCUT2D eigenvalue weighted by Crippen LogP contribution is -2.17. The predicted octanol–water partition coefficient (Wildman–Crippen LogP) is 2.31. The molecule has 0 aromatic heterocycles. The Hall–Kier alpha value is -0.220. The Balaban J connectivity index is 2.41. The van der Waals surface area contributed by atoms with Crippen molar-refractivity contribution in [2.24, 2.45) is 5.92 Å². The molecule has 0 radical (unpaired) electrons. The van der Waals surface area contributed by atoms with Crippen LogP contribution in [0.4, 0.5) is 0 Å². The molecule has 0 heterocycles. The Morgan fingerprint density at radius 1 is 1.33 bits per heavy atom. The van der Waals surface area contributed by atoms with E-state index < -0.39 is 0 Å². The minimum Gasteiger partial charge on any atom is -0.198 e. The topological polar surface area (TPSA) is 23.8 Å². The van der Waals surface area contributed by atoms with E-state index in [4.69, 9.17) is 16.9 Å². The van der Waals surface area contributed by atoms with Gasteiger partial charge >= 0.3 is 0 Å². The molecule has 1 aliphatic carbocycles. The van der Waals surface area contributed by atoms with Crippen LogP contribution in [0.15, 0.2) is 0 Å². The van der Waals surface area contributed by atoms with Crippen LogP contribution in [0.25, 0.3) is 0 Å². The van der Waals surface area contributed by atoms with Crippen molar-refractivity contribution < 1.29 is 0 Å². The number of hydrogen-bond acceptors (Lipinski definition) is 1. The highest BCUT2D eigenvalue weighted by molar-refractivity contribution is 6.21. The van der Waals surface area contributed by atoms with E-state index in [1.165, 1.54) is 12.8 Å². The standard InChI is InChI=1S/C7H10ClN/c8-7-4-2-1-3-6(7)5-9/h6-7H,1-4H2/t6-,7+/m0/s1. The second-order valence-corrected chi connectivity index (χ2v) is 3.10. The SMILES string of the molecule is N#C[C@@H]1CCCC[C@H]1Cl. The third kappa shape index (κ3) is 1.59. The largest absolute Gasteiger partial charge is 0.198 e. The zero-order chi connectivity index (χ0) is 6.69. The third-order valence-corrected chi connectivity index (χ3v) is 2.37. The maximum atomic E-state index is 8.53. The van der Waals surface area contributed by atoms with Gasteiger partial charge in [0.05, 0.1) is 12.0 Å². The van der Waals surface area contributed by atoms with E-state index in [0.29, 0.717) is 0 Å². The van der Waals surface area contributed by atoms with Crippen molar-refractivity contribution >= 4 is 11.6 Å². The molecule has 0 aliphatic heterocycles. The zero-order valence-corrected chi connectivity index (χ0v) is 6.06. The summed E-state index contributed by atoms with van der Waals surface area (Å²) < 4.78 is 0. The molecule has 0 aromatic carbocycles. The molecule has 2 heteroatoms. The maximum Gasteiger partial charge on any atom is 0.0671 e. The Morgan fingerprint density at radius 3 is 2.44 bits per heavy atom. The van der Waals surface area contributed by atoms with Crippen molar-refractivity contribution in [3.8, 4) is 6.07 Å². The van der Waals surface area contributed by atoms with Crippen molar-refractivity contribution in [2.75, 3.05) is 0 Å². The number of nitrogens with zero attached hydrogens (tertiary/aromatic N) is 1. The highest BCUT2D eigenvalue weighted by Gasteiger charge is 2.21. The highest BCUT2D eigenvalue weighted by Crippen LogP contribution is 2.27. The third-order valence-electron chi connectivity index (χ3n) is 1.85. The van der Waals surface area contributed by atoms with Gasteiger partial charge in [-0.2, -0.15) is 5.26 Å². The van der Waals surface area contributed by atoms with Gasteiger partial charge in [-0.25, -0.2) is 0 Å². The van der Waals surface area contributed by atoms with Crippen LogP contribution in [0, 0.1) is 17.2 Å². The average molecular weight is 144 g/mol. The molecule has 50 valence electrons. The van der Waals surface area contributed by atoms with Gasteiger partial charge in [-0.05, 0) is 12.8 Å². The summed E-state index contributed by atoms with van der Waals surface area (Å²) in [5, 5.41) is 8.66. The lowest BCUT2D eigenvalue weighted by Gasteiger charge is -2.20. The lowest BCUT2D eigenvalue weighted by atomic mass is 9.90. The van der Waals surface area contributed by atoms with E-state index >= 15 is 0 Å². The predicted molar refractivity (Wildman–Crippen MR) is 37.2 cm³/mol. The maximum absolute atomic E-state index is 8.53. The second-order valence-electron chi connectivity index (χ2n) is 2.54. The van der Waals surface area contributed by atoms with Crippen molar-refractivity contribution in [3.63, 3.8) is 0 Å². The molecule has 1 fully saturated rings. The molecular weight excluding hydrogens is 134 g/mol. The summed E-state index contributed by atoms with van der Waals surface area (Å²) in [6.07, 6.45) is 4.41. The quantitative estimate of drug-likeness (QED) is 0.478. The molecule has 2 atom stereocenters. The van der Waals surface area contributed by atoms with Crippen LogP contribution in [-0.2, 0) is 0 Å². The minimum atomic E-state index is 0.125.